The molecule has 0 amide bonds. The maximum atomic E-state index is 11.3. The van der Waals surface area contributed by atoms with Crippen LogP contribution in [0.5, 0.6) is 0 Å². The summed E-state index contributed by atoms with van der Waals surface area (Å²) in [4.78, 5) is 10.8. The lowest BCUT2D eigenvalue weighted by atomic mass is 10.2. The fourth-order valence-electron chi connectivity index (χ4n) is 1.95. The number of halogens is 1. The molecule has 0 saturated heterocycles. The number of para-hydroxylation sites is 1. The van der Waals surface area contributed by atoms with E-state index in [-0.39, 0.29) is 5.69 Å². The van der Waals surface area contributed by atoms with Crippen molar-refractivity contribution in [2.24, 2.45) is 0 Å². The second-order valence-corrected chi connectivity index (χ2v) is 4.45. The zero-order valence-electron chi connectivity index (χ0n) is 10.8. The van der Waals surface area contributed by atoms with Crippen LogP contribution >= 0.6 is 11.6 Å². The number of nitro benzene ring substituents is 1. The highest BCUT2D eigenvalue weighted by Gasteiger charge is 2.23. The number of nitro groups is 1. The number of nitrogens with zero attached hydrogens (tertiary/aromatic N) is 3. The lowest BCUT2D eigenvalue weighted by Gasteiger charge is -2.08. The van der Waals surface area contributed by atoms with Gasteiger partial charge < -0.3 is 5.32 Å². The highest BCUT2D eigenvalue weighted by Crippen LogP contribution is 2.33. The average molecular weight is 281 g/mol. The summed E-state index contributed by atoms with van der Waals surface area (Å²) in [5.41, 5.74) is 2.13. The first kappa shape index (κ1) is 13.4. The normalized spacial score (nSPS) is 10.5. The summed E-state index contributed by atoms with van der Waals surface area (Å²) in [6.07, 6.45) is 0. The second kappa shape index (κ2) is 4.89. The van der Waals surface area contributed by atoms with E-state index >= 15 is 0 Å². The third-order valence-electron chi connectivity index (χ3n) is 2.90. The van der Waals surface area contributed by atoms with Crippen LogP contribution in [0.1, 0.15) is 11.4 Å². The molecule has 0 radical (unpaired) electrons. The molecule has 6 nitrogen and oxygen atoms in total. The summed E-state index contributed by atoms with van der Waals surface area (Å²) < 4.78 is 1.50. The van der Waals surface area contributed by atoms with Crippen molar-refractivity contribution in [2.75, 3.05) is 12.4 Å². The van der Waals surface area contributed by atoms with Gasteiger partial charge in [-0.05, 0) is 26.0 Å². The maximum absolute atomic E-state index is 11.3. The number of aromatic nitrogens is 2. The lowest BCUT2D eigenvalue weighted by molar-refractivity contribution is -0.383. The number of hydrogen-bond donors (Lipinski definition) is 1. The zero-order valence-corrected chi connectivity index (χ0v) is 11.5. The molecule has 1 aromatic carbocycles. The van der Waals surface area contributed by atoms with E-state index < -0.39 is 4.92 Å². The Labute approximate surface area is 115 Å². The Bertz CT molecular complexity index is 651. The summed E-state index contributed by atoms with van der Waals surface area (Å²) in [6.45, 7) is 3.54. The van der Waals surface area contributed by atoms with E-state index in [1.807, 2.05) is 0 Å². The minimum absolute atomic E-state index is 0.0210. The van der Waals surface area contributed by atoms with Gasteiger partial charge in [-0.3, -0.25) is 10.1 Å². The van der Waals surface area contributed by atoms with E-state index in [0.29, 0.717) is 27.8 Å². The van der Waals surface area contributed by atoms with Crippen LogP contribution in [0, 0.1) is 24.0 Å². The average Bonchev–Trinajstić information content (AvgIpc) is 2.65. The van der Waals surface area contributed by atoms with Crippen LogP contribution in [-0.2, 0) is 0 Å². The molecule has 0 saturated carbocycles. The van der Waals surface area contributed by atoms with Crippen molar-refractivity contribution in [2.45, 2.75) is 13.8 Å². The standard InChI is InChI=1S/C12H13ClN4O2/c1-7-11(13)8(2)16(15-7)10-6-4-5-9(14-3)12(10)17(18)19/h4-6,14H,1-3H3. The Morgan fingerprint density at radius 1 is 1.42 bits per heavy atom. The smallest absolute Gasteiger partial charge is 0.317 e. The molecule has 0 fully saturated rings. The third kappa shape index (κ3) is 2.15. The monoisotopic (exact) mass is 280 g/mol. The van der Waals surface area contributed by atoms with Crippen molar-refractivity contribution < 1.29 is 4.92 Å². The van der Waals surface area contributed by atoms with E-state index in [1.165, 1.54) is 4.68 Å². The first-order chi connectivity index (χ1) is 8.97. The van der Waals surface area contributed by atoms with E-state index in [9.17, 15) is 10.1 Å². The molecule has 1 heterocycles. The molecule has 2 aromatic rings. The van der Waals surface area contributed by atoms with Crippen molar-refractivity contribution in [3.05, 3.63) is 44.7 Å². The number of anilines is 1. The number of nitrogens with one attached hydrogen (secondary N) is 1. The number of rotatable bonds is 3. The fraction of sp³-hybridized carbons (Fsp3) is 0.250. The van der Waals surface area contributed by atoms with Crippen molar-refractivity contribution in [3.63, 3.8) is 0 Å². The Hall–Kier alpha value is -2.08. The van der Waals surface area contributed by atoms with E-state index in [4.69, 9.17) is 11.6 Å². The van der Waals surface area contributed by atoms with Crippen LogP contribution < -0.4 is 5.32 Å². The molecule has 0 atom stereocenters. The van der Waals surface area contributed by atoms with Gasteiger partial charge in [0.2, 0.25) is 0 Å². The van der Waals surface area contributed by atoms with Crippen molar-refractivity contribution >= 4 is 23.0 Å². The minimum Gasteiger partial charge on any atom is -0.382 e. The minimum atomic E-state index is -0.425. The Morgan fingerprint density at radius 3 is 2.58 bits per heavy atom. The Balaban J connectivity index is 2.75. The first-order valence-electron chi connectivity index (χ1n) is 5.64. The van der Waals surface area contributed by atoms with Gasteiger partial charge in [-0.1, -0.05) is 17.7 Å². The molecular weight excluding hydrogens is 268 g/mol. The molecule has 1 N–H and O–H groups in total. The topological polar surface area (TPSA) is 73.0 Å². The molecule has 0 spiro atoms. The van der Waals surface area contributed by atoms with Gasteiger partial charge in [0.05, 0.1) is 21.3 Å². The van der Waals surface area contributed by atoms with Crippen LogP contribution in [-0.4, -0.2) is 21.8 Å². The summed E-state index contributed by atoms with van der Waals surface area (Å²) in [6, 6.07) is 5.03. The molecule has 100 valence electrons. The zero-order chi connectivity index (χ0) is 14.2. The molecule has 0 bridgehead atoms. The molecule has 19 heavy (non-hydrogen) atoms. The van der Waals surface area contributed by atoms with Gasteiger partial charge in [-0.2, -0.15) is 5.10 Å². The summed E-state index contributed by atoms with van der Waals surface area (Å²) in [5, 5.41) is 18.9. The molecule has 0 aliphatic rings. The van der Waals surface area contributed by atoms with E-state index in [1.54, 1.807) is 39.1 Å². The van der Waals surface area contributed by atoms with Gasteiger partial charge in [-0.15, -0.1) is 0 Å². The molecular formula is C12H13ClN4O2. The van der Waals surface area contributed by atoms with Crippen LogP contribution in [0.15, 0.2) is 18.2 Å². The van der Waals surface area contributed by atoms with Crippen LogP contribution in [0.2, 0.25) is 5.02 Å². The maximum Gasteiger partial charge on any atom is 0.317 e. The number of aryl methyl sites for hydroxylation is 1. The number of hydrogen-bond acceptors (Lipinski definition) is 4. The largest absolute Gasteiger partial charge is 0.382 e. The van der Waals surface area contributed by atoms with Gasteiger partial charge in [0.15, 0.2) is 0 Å². The van der Waals surface area contributed by atoms with Gasteiger partial charge in [-0.25, -0.2) is 4.68 Å². The highest BCUT2D eigenvalue weighted by atomic mass is 35.5. The first-order valence-corrected chi connectivity index (χ1v) is 6.02. The lowest BCUT2D eigenvalue weighted by Crippen LogP contribution is -2.06. The van der Waals surface area contributed by atoms with Crippen LogP contribution in [0.4, 0.5) is 11.4 Å². The van der Waals surface area contributed by atoms with Crippen LogP contribution in [0.3, 0.4) is 0 Å². The van der Waals surface area contributed by atoms with Crippen LogP contribution in [0.25, 0.3) is 5.69 Å². The van der Waals surface area contributed by atoms with Crippen molar-refractivity contribution in [1.29, 1.82) is 0 Å². The van der Waals surface area contributed by atoms with E-state index in [2.05, 4.69) is 10.4 Å². The van der Waals surface area contributed by atoms with Crippen molar-refractivity contribution in [3.8, 4) is 5.69 Å². The third-order valence-corrected chi connectivity index (χ3v) is 3.44. The van der Waals surface area contributed by atoms with E-state index in [0.717, 1.165) is 0 Å². The predicted molar refractivity (Wildman–Crippen MR) is 74.2 cm³/mol. The van der Waals surface area contributed by atoms with Gasteiger partial charge in [0.25, 0.3) is 0 Å². The molecule has 7 heteroatoms. The Morgan fingerprint density at radius 2 is 2.11 bits per heavy atom. The van der Waals surface area contributed by atoms with Gasteiger partial charge >= 0.3 is 5.69 Å². The molecule has 0 unspecified atom stereocenters. The summed E-state index contributed by atoms with van der Waals surface area (Å²) >= 11 is 6.09. The number of benzene rings is 1. The fourth-order valence-corrected chi connectivity index (χ4v) is 2.07. The quantitative estimate of drug-likeness (QED) is 0.692. The Kier molecular flexibility index (Phi) is 3.44. The van der Waals surface area contributed by atoms with Gasteiger partial charge in [0, 0.05) is 7.05 Å². The van der Waals surface area contributed by atoms with Gasteiger partial charge in [0.1, 0.15) is 11.4 Å². The molecule has 1 aromatic heterocycles. The molecule has 2 rings (SSSR count). The SMILES string of the molecule is CNc1cccc(-n2nc(C)c(Cl)c2C)c1[N+](=O)[O-]. The molecule has 0 aliphatic heterocycles. The summed E-state index contributed by atoms with van der Waals surface area (Å²) in [5.74, 6) is 0. The predicted octanol–water partition coefficient (Wildman–Crippen LogP) is 3.09. The summed E-state index contributed by atoms with van der Waals surface area (Å²) in [7, 11) is 1.64. The van der Waals surface area contributed by atoms with Crippen molar-refractivity contribution in [1.82, 2.24) is 9.78 Å². The second-order valence-electron chi connectivity index (χ2n) is 4.08. The molecule has 0 aliphatic carbocycles. The highest BCUT2D eigenvalue weighted by molar-refractivity contribution is 6.31.